The van der Waals surface area contributed by atoms with E-state index >= 15 is 0 Å². The van der Waals surface area contributed by atoms with Gasteiger partial charge in [0.05, 0.1) is 24.4 Å². The molecule has 3 aromatic carbocycles. The van der Waals surface area contributed by atoms with Crippen LogP contribution in [0.4, 0.5) is 24.8 Å². The first-order chi connectivity index (χ1) is 19.7. The lowest BCUT2D eigenvalue weighted by molar-refractivity contribution is -0.274. The number of halogens is 3. The molecular formula is C27H25F3N8O3. The third-order valence-electron chi connectivity index (χ3n) is 6.03. The zero-order valence-corrected chi connectivity index (χ0v) is 22.0. The molecule has 2 heterocycles. The van der Waals surface area contributed by atoms with Gasteiger partial charge in [0.25, 0.3) is 11.9 Å². The van der Waals surface area contributed by atoms with E-state index in [2.05, 4.69) is 30.7 Å². The Balaban J connectivity index is 1.52. The molecule has 2 N–H and O–H groups in total. The van der Waals surface area contributed by atoms with Gasteiger partial charge in [0.1, 0.15) is 17.0 Å². The van der Waals surface area contributed by atoms with E-state index in [1.807, 2.05) is 53.4 Å². The molecule has 212 valence electrons. The Hall–Kier alpha value is -5.14. The number of aryl methyl sites for hydroxylation is 1. The van der Waals surface area contributed by atoms with E-state index in [9.17, 15) is 18.0 Å². The van der Waals surface area contributed by atoms with E-state index < -0.39 is 6.36 Å². The number of nitrogens with zero attached hydrogens (tertiary/aromatic N) is 6. The first kappa shape index (κ1) is 27.4. The van der Waals surface area contributed by atoms with Gasteiger partial charge in [0, 0.05) is 12.6 Å². The third kappa shape index (κ3) is 6.37. The Morgan fingerprint density at radius 1 is 1.07 bits per heavy atom. The van der Waals surface area contributed by atoms with Crippen molar-refractivity contribution in [1.82, 2.24) is 29.8 Å². The molecule has 11 nitrogen and oxygen atoms in total. The maximum atomic E-state index is 12.6. The summed E-state index contributed by atoms with van der Waals surface area (Å²) in [4.78, 5) is 17.3. The number of rotatable bonds is 9. The Kier molecular flexibility index (Phi) is 7.72. The lowest BCUT2D eigenvalue weighted by Crippen LogP contribution is -2.24. The number of hydrogen-bond donors (Lipinski definition) is 2. The van der Waals surface area contributed by atoms with E-state index in [4.69, 9.17) is 9.73 Å². The van der Waals surface area contributed by atoms with Gasteiger partial charge in [0.15, 0.2) is 0 Å². The van der Waals surface area contributed by atoms with Gasteiger partial charge in [-0.3, -0.25) is 10.1 Å². The van der Waals surface area contributed by atoms with Crippen molar-refractivity contribution < 1.29 is 27.4 Å². The van der Waals surface area contributed by atoms with Gasteiger partial charge in [0.2, 0.25) is 5.62 Å². The van der Waals surface area contributed by atoms with Crippen molar-refractivity contribution in [2.24, 2.45) is 12.0 Å². The molecule has 0 atom stereocenters. The summed E-state index contributed by atoms with van der Waals surface area (Å²) in [5.41, 5.74) is 3.91. The number of hydrogen-bond acceptors (Lipinski definition) is 7. The summed E-state index contributed by atoms with van der Waals surface area (Å²) in [6.07, 6.45) is -3.95. The van der Waals surface area contributed by atoms with Crippen LogP contribution < -0.4 is 20.4 Å². The zero-order chi connectivity index (χ0) is 29.0. The van der Waals surface area contributed by atoms with Crippen LogP contribution in [0.15, 0.2) is 71.7 Å². The second kappa shape index (κ2) is 11.5. The number of nitrogens with one attached hydrogen (secondary N) is 2. The second-order valence-corrected chi connectivity index (χ2v) is 8.96. The number of fused-ring (bicyclic) bond motifs is 1. The second-order valence-electron chi connectivity index (χ2n) is 8.96. The molecule has 0 aliphatic heterocycles. The Labute approximate surface area is 231 Å². The van der Waals surface area contributed by atoms with E-state index in [1.54, 1.807) is 12.1 Å². The highest BCUT2D eigenvalue weighted by atomic mass is 19.4. The Morgan fingerprint density at radius 3 is 2.49 bits per heavy atom. The fourth-order valence-corrected chi connectivity index (χ4v) is 4.24. The van der Waals surface area contributed by atoms with Crippen LogP contribution in [0.1, 0.15) is 29.3 Å². The van der Waals surface area contributed by atoms with Gasteiger partial charge in [-0.25, -0.2) is 4.99 Å². The van der Waals surface area contributed by atoms with Crippen molar-refractivity contribution in [3.63, 3.8) is 0 Å². The van der Waals surface area contributed by atoms with E-state index in [-0.39, 0.29) is 17.6 Å². The molecule has 0 saturated heterocycles. The quantitative estimate of drug-likeness (QED) is 0.266. The van der Waals surface area contributed by atoms with Crippen LogP contribution in [0.5, 0.6) is 11.5 Å². The molecule has 0 aliphatic rings. The van der Waals surface area contributed by atoms with Crippen LogP contribution in [0.25, 0.3) is 11.0 Å². The molecule has 0 radical (unpaired) electrons. The van der Waals surface area contributed by atoms with Crippen molar-refractivity contribution >= 4 is 28.6 Å². The molecule has 1 amide bonds. The molecule has 14 heteroatoms. The molecule has 5 aromatic rings. The number of para-hydroxylation sites is 1. The fourth-order valence-electron chi connectivity index (χ4n) is 4.24. The van der Waals surface area contributed by atoms with Gasteiger partial charge >= 0.3 is 6.36 Å². The van der Waals surface area contributed by atoms with Crippen molar-refractivity contribution in [1.29, 1.82) is 0 Å². The molecule has 2 aromatic heterocycles. The Morgan fingerprint density at radius 2 is 1.83 bits per heavy atom. The number of alkyl halides is 3. The normalized spacial score (nSPS) is 12.1. The first-order valence-electron chi connectivity index (χ1n) is 12.6. The maximum absolute atomic E-state index is 12.6. The predicted octanol–water partition coefficient (Wildman–Crippen LogP) is 4.71. The number of carbonyl (C=O) groups excluding carboxylic acids is 1. The molecule has 0 fully saturated rings. The number of amides is 1. The van der Waals surface area contributed by atoms with Gasteiger partial charge in [-0.05, 0) is 65.7 Å². The molecule has 0 saturated carbocycles. The number of aromatic amines is 1. The highest BCUT2D eigenvalue weighted by Crippen LogP contribution is 2.27. The number of aromatic nitrogens is 6. The van der Waals surface area contributed by atoms with Gasteiger partial charge in [-0.15, -0.1) is 18.3 Å². The zero-order valence-electron chi connectivity index (χ0n) is 22.0. The highest BCUT2D eigenvalue weighted by molar-refractivity contribution is 6.03. The lowest BCUT2D eigenvalue weighted by atomic mass is 10.1. The molecule has 0 aliphatic carbocycles. The third-order valence-corrected chi connectivity index (χ3v) is 6.03. The van der Waals surface area contributed by atoms with Crippen LogP contribution >= 0.6 is 0 Å². The minimum absolute atomic E-state index is 0.0655. The minimum Gasteiger partial charge on any atom is -0.491 e. The number of imidazole rings is 1. The van der Waals surface area contributed by atoms with E-state index in [0.717, 1.165) is 23.0 Å². The van der Waals surface area contributed by atoms with E-state index in [0.29, 0.717) is 35.8 Å². The average Bonchev–Trinajstić information content (AvgIpc) is 3.55. The monoisotopic (exact) mass is 566 g/mol. The van der Waals surface area contributed by atoms with Gasteiger partial charge in [-0.1, -0.05) is 30.2 Å². The fraction of sp³-hybridized carbons (Fsp3) is 0.222. The van der Waals surface area contributed by atoms with Gasteiger partial charge < -0.3 is 18.6 Å². The van der Waals surface area contributed by atoms with Crippen molar-refractivity contribution in [2.45, 2.75) is 26.3 Å². The molecule has 0 bridgehead atoms. The molecule has 0 spiro atoms. The summed E-state index contributed by atoms with van der Waals surface area (Å²) in [5, 5.41) is 15.7. The lowest BCUT2D eigenvalue weighted by Gasteiger charge is -2.09. The topological polar surface area (TPSA) is 124 Å². The van der Waals surface area contributed by atoms with Crippen molar-refractivity contribution in [2.75, 3.05) is 11.9 Å². The highest BCUT2D eigenvalue weighted by Gasteiger charge is 2.31. The standard InChI is InChI=1S/C27H25F3N8O3/c1-3-15-40-22-6-4-5-21-23(22)37(2)26(31-19-11-13-20(14-12-19)41-27(28,29)30)38(21)16-17-7-9-18(10-8-17)24(39)32-25-33-35-36-34-25/h4-14H,3,15-16H2,1-2H3,(H2,32,33,34,35,36,39). The number of carbonyl (C=O) groups is 1. The number of ether oxygens (including phenoxy) is 2. The van der Waals surface area contributed by atoms with Crippen LogP contribution in [0.2, 0.25) is 0 Å². The molecule has 5 rings (SSSR count). The number of benzene rings is 3. The summed E-state index contributed by atoms with van der Waals surface area (Å²) in [5.74, 6) is 0.0300. The maximum Gasteiger partial charge on any atom is 0.573 e. The van der Waals surface area contributed by atoms with Crippen LogP contribution in [0.3, 0.4) is 0 Å². The number of tetrazole rings is 1. The summed E-state index contributed by atoms with van der Waals surface area (Å²) >= 11 is 0. The SMILES string of the molecule is CCCOc1cccc2c1n(C)c(=Nc1ccc(OC(F)(F)F)cc1)n2Cc1ccc(C(=O)Nc2nn[nH]n2)cc1. The average molecular weight is 567 g/mol. The largest absolute Gasteiger partial charge is 0.573 e. The summed E-state index contributed by atoms with van der Waals surface area (Å²) in [6.45, 7) is 2.94. The number of anilines is 1. The predicted molar refractivity (Wildman–Crippen MR) is 143 cm³/mol. The molecular weight excluding hydrogens is 541 g/mol. The van der Waals surface area contributed by atoms with Crippen molar-refractivity contribution in [3.8, 4) is 11.5 Å². The number of H-pyrrole nitrogens is 1. The Bertz CT molecular complexity index is 1710. The molecule has 0 unspecified atom stereocenters. The van der Waals surface area contributed by atoms with Crippen LogP contribution in [0, 0.1) is 0 Å². The van der Waals surface area contributed by atoms with Crippen LogP contribution in [-0.4, -0.2) is 48.6 Å². The van der Waals surface area contributed by atoms with Crippen LogP contribution in [-0.2, 0) is 13.6 Å². The first-order valence-corrected chi connectivity index (χ1v) is 12.6. The minimum atomic E-state index is -4.78. The van der Waals surface area contributed by atoms with Crippen molar-refractivity contribution in [3.05, 3.63) is 83.5 Å². The van der Waals surface area contributed by atoms with Gasteiger partial charge in [-0.2, -0.15) is 5.21 Å². The summed E-state index contributed by atoms with van der Waals surface area (Å²) < 4.78 is 51.7. The smallest absolute Gasteiger partial charge is 0.491 e. The summed E-state index contributed by atoms with van der Waals surface area (Å²) in [6, 6.07) is 18.1. The van der Waals surface area contributed by atoms with E-state index in [1.165, 1.54) is 24.3 Å². The molecule has 41 heavy (non-hydrogen) atoms. The summed E-state index contributed by atoms with van der Waals surface area (Å²) in [7, 11) is 1.85.